The van der Waals surface area contributed by atoms with E-state index < -0.39 is 32.0 Å². The summed E-state index contributed by atoms with van der Waals surface area (Å²) < 4.78 is 22.2. The van der Waals surface area contributed by atoms with E-state index in [0.29, 0.717) is 12.8 Å². The topological polar surface area (TPSA) is 151 Å². The van der Waals surface area contributed by atoms with E-state index in [1.54, 1.807) is 0 Å². The summed E-state index contributed by atoms with van der Waals surface area (Å²) in [6.07, 6.45) is 49.7. The molecule has 0 aromatic carbocycles. The lowest BCUT2D eigenvalue weighted by Gasteiger charge is -2.25. The number of nitrogens with two attached hydrogens (primary N) is 1. The zero-order valence-electron chi connectivity index (χ0n) is 39.6. The first kappa shape index (κ1) is 59.2. The quantitative estimate of drug-likeness (QED) is 0.0230. The molecule has 0 aliphatic rings. The van der Waals surface area contributed by atoms with E-state index in [9.17, 15) is 24.5 Å². The number of hydrogen-bond acceptors (Lipinski definition) is 7. The summed E-state index contributed by atoms with van der Waals surface area (Å²) >= 11 is 0. The Labute approximate surface area is 371 Å². The molecule has 0 saturated carbocycles. The molecule has 0 spiro atoms. The Balaban J connectivity index is 4.14. The number of phosphoric ester groups is 1. The molecule has 358 valence electrons. The Morgan fingerprint density at radius 1 is 0.550 bits per heavy atom. The highest BCUT2D eigenvalue weighted by atomic mass is 31.2. The third-order valence-electron chi connectivity index (χ3n) is 11.9. The number of phosphoric acid groups is 1. The van der Waals surface area contributed by atoms with Crippen molar-refractivity contribution in [1.29, 1.82) is 0 Å². The van der Waals surface area contributed by atoms with Gasteiger partial charge in [0.05, 0.1) is 37.9 Å². The van der Waals surface area contributed by atoms with Crippen LogP contribution in [0.25, 0.3) is 0 Å². The standard InChI is InChI=1S/C50H101N2O7P/c1-3-5-7-9-11-13-15-17-19-21-23-24-25-27-29-31-33-35-37-39-41-47(53)45-50(55)52-48(46-59-60(56,57)58-44-43-51)49(54)42-40-38-36-34-32-30-28-26-22-20-18-16-14-12-10-8-6-4-2/h25,27,47-49,53-54H,3-24,26,28-46,51H2,1-2H3,(H,52,55)(H,56,57)/b27-25-. The largest absolute Gasteiger partial charge is 0.472 e. The SMILES string of the molecule is CCCCCCCCCCCCC/C=C\CCCCCCCC(O)CC(=O)NC(COP(=O)(O)OCCN)C(O)CCCCCCCCCCCCCCCCCCCC. The van der Waals surface area contributed by atoms with Gasteiger partial charge in [0.1, 0.15) is 0 Å². The highest BCUT2D eigenvalue weighted by molar-refractivity contribution is 7.47. The second-order valence-corrected chi connectivity index (χ2v) is 19.4. The first-order chi connectivity index (χ1) is 29.3. The minimum Gasteiger partial charge on any atom is -0.393 e. The van der Waals surface area contributed by atoms with Gasteiger partial charge in [0.15, 0.2) is 0 Å². The van der Waals surface area contributed by atoms with Crippen molar-refractivity contribution in [2.24, 2.45) is 5.73 Å². The van der Waals surface area contributed by atoms with Gasteiger partial charge in [-0.05, 0) is 38.5 Å². The van der Waals surface area contributed by atoms with Crippen molar-refractivity contribution in [3.8, 4) is 0 Å². The highest BCUT2D eigenvalue weighted by Gasteiger charge is 2.28. The maximum Gasteiger partial charge on any atom is 0.472 e. The van der Waals surface area contributed by atoms with Gasteiger partial charge in [-0.3, -0.25) is 13.8 Å². The van der Waals surface area contributed by atoms with Crippen LogP contribution in [0, 0.1) is 0 Å². The van der Waals surface area contributed by atoms with Crippen LogP contribution in [0.15, 0.2) is 12.2 Å². The minimum absolute atomic E-state index is 0.0603. The van der Waals surface area contributed by atoms with Crippen LogP contribution in [0.2, 0.25) is 0 Å². The molecule has 4 unspecified atom stereocenters. The molecule has 0 saturated heterocycles. The van der Waals surface area contributed by atoms with Crippen LogP contribution in [0.1, 0.15) is 264 Å². The summed E-state index contributed by atoms with van der Waals surface area (Å²) in [5, 5.41) is 24.3. The number of aliphatic hydroxyl groups is 2. The number of carbonyl (C=O) groups excluding carboxylic acids is 1. The van der Waals surface area contributed by atoms with Gasteiger partial charge in [0, 0.05) is 6.54 Å². The Hall–Kier alpha value is -0.800. The smallest absolute Gasteiger partial charge is 0.393 e. The second kappa shape index (κ2) is 46.2. The molecule has 0 aromatic heterocycles. The summed E-state index contributed by atoms with van der Waals surface area (Å²) in [4.78, 5) is 22.9. The van der Waals surface area contributed by atoms with Gasteiger partial charge in [-0.2, -0.15) is 0 Å². The van der Waals surface area contributed by atoms with Gasteiger partial charge in [-0.25, -0.2) is 4.57 Å². The lowest BCUT2D eigenvalue weighted by molar-refractivity contribution is -0.125. The molecule has 0 fully saturated rings. The maximum absolute atomic E-state index is 12.9. The van der Waals surface area contributed by atoms with E-state index in [2.05, 4.69) is 31.3 Å². The van der Waals surface area contributed by atoms with Gasteiger partial charge in [-0.15, -0.1) is 0 Å². The third-order valence-corrected chi connectivity index (χ3v) is 12.9. The van der Waals surface area contributed by atoms with Crippen molar-refractivity contribution in [3.63, 3.8) is 0 Å². The molecule has 0 rings (SSSR count). The van der Waals surface area contributed by atoms with Crippen LogP contribution >= 0.6 is 7.82 Å². The normalized spacial score (nSPS) is 14.4. The molecule has 0 aromatic rings. The number of unbranched alkanes of at least 4 members (excludes halogenated alkanes) is 33. The highest BCUT2D eigenvalue weighted by Crippen LogP contribution is 2.43. The molecule has 0 aliphatic heterocycles. The lowest BCUT2D eigenvalue weighted by atomic mass is 10.0. The summed E-state index contributed by atoms with van der Waals surface area (Å²) in [6, 6.07) is -0.897. The molecule has 0 heterocycles. The van der Waals surface area contributed by atoms with E-state index in [-0.39, 0.29) is 26.2 Å². The van der Waals surface area contributed by atoms with Crippen LogP contribution in [0.3, 0.4) is 0 Å². The number of rotatable bonds is 49. The lowest BCUT2D eigenvalue weighted by Crippen LogP contribution is -2.47. The van der Waals surface area contributed by atoms with Gasteiger partial charge in [-0.1, -0.05) is 231 Å². The van der Waals surface area contributed by atoms with Crippen molar-refractivity contribution in [1.82, 2.24) is 5.32 Å². The average molecular weight is 873 g/mol. The summed E-state index contributed by atoms with van der Waals surface area (Å²) in [6.45, 7) is 4.08. The molecular formula is C50H101N2O7P. The third kappa shape index (κ3) is 43.8. The molecule has 60 heavy (non-hydrogen) atoms. The van der Waals surface area contributed by atoms with Gasteiger partial charge in [0.25, 0.3) is 0 Å². The fourth-order valence-electron chi connectivity index (χ4n) is 8.00. The zero-order valence-corrected chi connectivity index (χ0v) is 40.5. The van der Waals surface area contributed by atoms with E-state index >= 15 is 0 Å². The number of hydrogen-bond donors (Lipinski definition) is 5. The Bertz CT molecular complexity index is 971. The van der Waals surface area contributed by atoms with Crippen molar-refractivity contribution < 1.29 is 33.5 Å². The predicted molar refractivity (Wildman–Crippen MR) is 255 cm³/mol. The number of aliphatic hydroxyl groups excluding tert-OH is 2. The van der Waals surface area contributed by atoms with E-state index in [1.807, 2.05) is 0 Å². The first-order valence-corrected chi connectivity index (χ1v) is 27.4. The van der Waals surface area contributed by atoms with Crippen LogP contribution in [0.4, 0.5) is 0 Å². The van der Waals surface area contributed by atoms with Gasteiger partial charge < -0.3 is 26.2 Å². The first-order valence-electron chi connectivity index (χ1n) is 25.9. The predicted octanol–water partition coefficient (Wildman–Crippen LogP) is 14.1. The molecule has 6 N–H and O–H groups in total. The van der Waals surface area contributed by atoms with Crippen LogP contribution in [-0.2, 0) is 18.4 Å². The van der Waals surface area contributed by atoms with Crippen LogP contribution < -0.4 is 11.1 Å². The minimum atomic E-state index is -4.38. The Morgan fingerprint density at radius 3 is 1.28 bits per heavy atom. The number of carbonyl (C=O) groups is 1. The Morgan fingerprint density at radius 2 is 0.900 bits per heavy atom. The second-order valence-electron chi connectivity index (χ2n) is 17.9. The fourth-order valence-corrected chi connectivity index (χ4v) is 8.76. The van der Waals surface area contributed by atoms with E-state index in [4.69, 9.17) is 14.8 Å². The Kier molecular flexibility index (Phi) is 45.6. The summed E-state index contributed by atoms with van der Waals surface area (Å²) in [5.41, 5.74) is 5.39. The summed E-state index contributed by atoms with van der Waals surface area (Å²) in [5.74, 6) is -0.413. The van der Waals surface area contributed by atoms with Crippen molar-refractivity contribution >= 4 is 13.7 Å². The number of allylic oxidation sites excluding steroid dienone is 2. The fraction of sp³-hybridized carbons (Fsp3) is 0.940. The van der Waals surface area contributed by atoms with Gasteiger partial charge in [0.2, 0.25) is 5.91 Å². The van der Waals surface area contributed by atoms with Crippen molar-refractivity contribution in [3.05, 3.63) is 12.2 Å². The molecule has 9 nitrogen and oxygen atoms in total. The molecule has 10 heteroatoms. The van der Waals surface area contributed by atoms with Crippen LogP contribution in [0.5, 0.6) is 0 Å². The average Bonchev–Trinajstić information content (AvgIpc) is 3.23. The maximum atomic E-state index is 12.9. The molecule has 1 amide bonds. The van der Waals surface area contributed by atoms with E-state index in [0.717, 1.165) is 44.9 Å². The molecular weight excluding hydrogens is 772 g/mol. The number of nitrogens with one attached hydrogen (secondary N) is 1. The zero-order chi connectivity index (χ0) is 44.0. The molecule has 0 aliphatic carbocycles. The van der Waals surface area contributed by atoms with Crippen LogP contribution in [-0.4, -0.2) is 59.0 Å². The number of amides is 1. The molecule has 0 radical (unpaired) electrons. The van der Waals surface area contributed by atoms with Crippen molar-refractivity contribution in [2.45, 2.75) is 283 Å². The van der Waals surface area contributed by atoms with Gasteiger partial charge >= 0.3 is 7.82 Å². The summed E-state index contributed by atoms with van der Waals surface area (Å²) in [7, 11) is -4.38. The van der Waals surface area contributed by atoms with Crippen molar-refractivity contribution in [2.75, 3.05) is 19.8 Å². The van der Waals surface area contributed by atoms with E-state index in [1.165, 1.54) is 186 Å². The monoisotopic (exact) mass is 873 g/mol. The molecule has 0 bridgehead atoms. The molecule has 4 atom stereocenters.